The van der Waals surface area contributed by atoms with E-state index in [4.69, 9.17) is 13.9 Å². The molecular weight excluding hydrogens is 410 g/mol. The predicted molar refractivity (Wildman–Crippen MR) is 122 cm³/mol. The van der Waals surface area contributed by atoms with Crippen molar-refractivity contribution < 1.29 is 23.5 Å². The predicted octanol–water partition coefficient (Wildman–Crippen LogP) is 2.73. The van der Waals surface area contributed by atoms with E-state index in [0.717, 1.165) is 24.5 Å². The minimum Gasteiger partial charge on any atom is -0.497 e. The molecule has 0 atom stereocenters. The van der Waals surface area contributed by atoms with E-state index in [-0.39, 0.29) is 18.2 Å². The highest BCUT2D eigenvalue weighted by Crippen LogP contribution is 2.21. The molecular formula is C24H33N3O5. The number of hydrogen-bond donors (Lipinski definition) is 0. The first-order valence-corrected chi connectivity index (χ1v) is 10.9. The molecule has 0 spiro atoms. The summed E-state index contributed by atoms with van der Waals surface area (Å²) in [6.07, 6.45) is 0.286. The molecule has 2 heterocycles. The fourth-order valence-corrected chi connectivity index (χ4v) is 3.93. The second-order valence-corrected chi connectivity index (χ2v) is 7.93. The van der Waals surface area contributed by atoms with Crippen molar-refractivity contribution in [2.75, 3.05) is 65.0 Å². The number of aryl methyl sites for hydroxylation is 2. The van der Waals surface area contributed by atoms with Gasteiger partial charge in [0.05, 0.1) is 19.3 Å². The van der Waals surface area contributed by atoms with Gasteiger partial charge >= 0.3 is 0 Å². The van der Waals surface area contributed by atoms with Crippen molar-refractivity contribution in [3.8, 4) is 5.75 Å². The third-order valence-electron chi connectivity index (χ3n) is 5.79. The molecule has 3 rings (SSSR count). The van der Waals surface area contributed by atoms with Crippen LogP contribution in [0.5, 0.6) is 5.75 Å². The maximum atomic E-state index is 13.0. The average molecular weight is 444 g/mol. The van der Waals surface area contributed by atoms with Gasteiger partial charge in [-0.2, -0.15) is 0 Å². The van der Waals surface area contributed by atoms with E-state index in [1.165, 1.54) is 0 Å². The second-order valence-electron chi connectivity index (χ2n) is 7.93. The SMILES string of the molecule is COCCN(CCC(=O)N1CCN(c2ccc(OC)cc2)CC1)C(=O)c1cc(C)oc1C. The fourth-order valence-electron chi connectivity index (χ4n) is 3.93. The average Bonchev–Trinajstić information content (AvgIpc) is 3.16. The molecule has 8 nitrogen and oxygen atoms in total. The molecule has 1 aromatic carbocycles. The molecule has 174 valence electrons. The molecule has 0 saturated carbocycles. The summed E-state index contributed by atoms with van der Waals surface area (Å²) in [6.45, 7) is 7.67. The van der Waals surface area contributed by atoms with Crippen LogP contribution in [0.25, 0.3) is 0 Å². The van der Waals surface area contributed by atoms with Crippen LogP contribution in [0.3, 0.4) is 0 Å². The zero-order chi connectivity index (χ0) is 23.1. The summed E-state index contributed by atoms with van der Waals surface area (Å²) in [5.74, 6) is 2.05. The number of furan rings is 1. The number of anilines is 1. The van der Waals surface area contributed by atoms with Crippen molar-refractivity contribution in [3.63, 3.8) is 0 Å². The van der Waals surface area contributed by atoms with Crippen molar-refractivity contribution in [1.82, 2.24) is 9.80 Å². The number of benzene rings is 1. The Labute approximate surface area is 189 Å². The summed E-state index contributed by atoms with van der Waals surface area (Å²) >= 11 is 0. The van der Waals surface area contributed by atoms with Crippen molar-refractivity contribution in [1.29, 1.82) is 0 Å². The highest BCUT2D eigenvalue weighted by molar-refractivity contribution is 5.95. The zero-order valence-corrected chi connectivity index (χ0v) is 19.4. The van der Waals surface area contributed by atoms with E-state index < -0.39 is 0 Å². The molecule has 0 unspecified atom stereocenters. The van der Waals surface area contributed by atoms with Gasteiger partial charge < -0.3 is 28.6 Å². The number of hydrogen-bond acceptors (Lipinski definition) is 6. The van der Waals surface area contributed by atoms with Crippen LogP contribution in [0.4, 0.5) is 5.69 Å². The van der Waals surface area contributed by atoms with Gasteiger partial charge in [0.2, 0.25) is 5.91 Å². The van der Waals surface area contributed by atoms with E-state index in [1.807, 2.05) is 36.1 Å². The standard InChI is InChI=1S/C24H33N3O5/c1-18-17-22(19(2)32-18)24(29)27(15-16-30-3)10-9-23(28)26-13-11-25(12-14-26)20-5-7-21(31-4)8-6-20/h5-8,17H,9-16H2,1-4H3. The topological polar surface area (TPSA) is 75.5 Å². The Bertz CT molecular complexity index is 901. The number of methoxy groups -OCH3 is 2. The van der Waals surface area contributed by atoms with Gasteiger partial charge in [-0.3, -0.25) is 9.59 Å². The summed E-state index contributed by atoms with van der Waals surface area (Å²) < 4.78 is 15.9. The Morgan fingerprint density at radius 1 is 1.03 bits per heavy atom. The van der Waals surface area contributed by atoms with Crippen LogP contribution in [0.2, 0.25) is 0 Å². The number of nitrogens with zero attached hydrogens (tertiary/aromatic N) is 3. The van der Waals surface area contributed by atoms with E-state index in [2.05, 4.69) is 4.90 Å². The fraction of sp³-hybridized carbons (Fsp3) is 0.500. The molecule has 1 aliphatic rings. The van der Waals surface area contributed by atoms with Crippen LogP contribution in [0.15, 0.2) is 34.7 Å². The molecule has 1 saturated heterocycles. The lowest BCUT2D eigenvalue weighted by atomic mass is 10.2. The maximum absolute atomic E-state index is 13.0. The first-order valence-electron chi connectivity index (χ1n) is 10.9. The van der Waals surface area contributed by atoms with Gasteiger partial charge in [0, 0.05) is 58.5 Å². The number of rotatable bonds is 9. The van der Waals surface area contributed by atoms with Crippen LogP contribution in [-0.4, -0.2) is 81.7 Å². The van der Waals surface area contributed by atoms with Gasteiger partial charge in [-0.25, -0.2) is 0 Å². The Morgan fingerprint density at radius 3 is 2.28 bits per heavy atom. The molecule has 0 bridgehead atoms. The molecule has 2 aromatic rings. The first-order chi connectivity index (χ1) is 15.4. The van der Waals surface area contributed by atoms with E-state index in [0.29, 0.717) is 49.9 Å². The van der Waals surface area contributed by atoms with Gasteiger partial charge in [0.25, 0.3) is 5.91 Å². The van der Waals surface area contributed by atoms with Crippen molar-refractivity contribution in [2.45, 2.75) is 20.3 Å². The van der Waals surface area contributed by atoms with Crippen LogP contribution in [0.1, 0.15) is 28.3 Å². The zero-order valence-electron chi connectivity index (χ0n) is 19.4. The van der Waals surface area contributed by atoms with Gasteiger partial charge in [-0.1, -0.05) is 0 Å². The number of carbonyl (C=O) groups excluding carboxylic acids is 2. The normalized spacial score (nSPS) is 13.9. The molecule has 1 fully saturated rings. The van der Waals surface area contributed by atoms with Crippen molar-refractivity contribution in [3.05, 3.63) is 47.4 Å². The molecule has 0 aliphatic carbocycles. The number of carbonyl (C=O) groups is 2. The lowest BCUT2D eigenvalue weighted by Crippen LogP contribution is -2.49. The van der Waals surface area contributed by atoms with Crippen LogP contribution in [0, 0.1) is 13.8 Å². The molecule has 0 N–H and O–H groups in total. The van der Waals surface area contributed by atoms with Crippen LogP contribution < -0.4 is 9.64 Å². The summed E-state index contributed by atoms with van der Waals surface area (Å²) in [4.78, 5) is 31.6. The maximum Gasteiger partial charge on any atom is 0.257 e. The minimum atomic E-state index is -0.131. The van der Waals surface area contributed by atoms with Gasteiger partial charge in [-0.05, 0) is 44.2 Å². The van der Waals surface area contributed by atoms with Gasteiger partial charge in [-0.15, -0.1) is 0 Å². The summed E-state index contributed by atoms with van der Waals surface area (Å²) in [5.41, 5.74) is 1.67. The largest absolute Gasteiger partial charge is 0.497 e. The minimum absolute atomic E-state index is 0.0645. The molecule has 1 aromatic heterocycles. The monoisotopic (exact) mass is 443 g/mol. The first kappa shape index (κ1) is 23.7. The van der Waals surface area contributed by atoms with Gasteiger partial charge in [0.1, 0.15) is 17.3 Å². The molecule has 2 amide bonds. The lowest BCUT2D eigenvalue weighted by molar-refractivity contribution is -0.131. The molecule has 8 heteroatoms. The number of piperazine rings is 1. The van der Waals surface area contributed by atoms with E-state index in [1.54, 1.807) is 32.1 Å². The molecule has 1 aliphatic heterocycles. The van der Waals surface area contributed by atoms with Crippen molar-refractivity contribution >= 4 is 17.5 Å². The highest BCUT2D eigenvalue weighted by atomic mass is 16.5. The Morgan fingerprint density at radius 2 is 1.72 bits per heavy atom. The lowest BCUT2D eigenvalue weighted by Gasteiger charge is -2.36. The third kappa shape index (κ3) is 5.82. The number of ether oxygens (including phenoxy) is 2. The molecule has 32 heavy (non-hydrogen) atoms. The number of amides is 2. The van der Waals surface area contributed by atoms with Crippen LogP contribution in [-0.2, 0) is 9.53 Å². The summed E-state index contributed by atoms with van der Waals surface area (Å²) in [6, 6.07) is 9.71. The quantitative estimate of drug-likeness (QED) is 0.593. The highest BCUT2D eigenvalue weighted by Gasteiger charge is 2.24. The van der Waals surface area contributed by atoms with Crippen LogP contribution >= 0.6 is 0 Å². The Hall–Kier alpha value is -3.00. The summed E-state index contributed by atoms with van der Waals surface area (Å²) in [5, 5.41) is 0. The third-order valence-corrected chi connectivity index (χ3v) is 5.79. The summed E-state index contributed by atoms with van der Waals surface area (Å²) in [7, 11) is 3.25. The van der Waals surface area contributed by atoms with Gasteiger partial charge in [0.15, 0.2) is 0 Å². The van der Waals surface area contributed by atoms with Crippen molar-refractivity contribution in [2.24, 2.45) is 0 Å². The Kier molecular flexibility index (Phi) is 8.16. The van der Waals surface area contributed by atoms with E-state index >= 15 is 0 Å². The Balaban J connectivity index is 1.53. The molecule has 0 radical (unpaired) electrons. The second kappa shape index (κ2) is 11.0. The van der Waals surface area contributed by atoms with E-state index in [9.17, 15) is 9.59 Å². The smallest absolute Gasteiger partial charge is 0.257 e.